The Labute approximate surface area is 188 Å². The Bertz CT molecular complexity index is 849. The largest absolute Gasteiger partial charge is 0.458 e. The van der Waals surface area contributed by atoms with E-state index in [-0.39, 0.29) is 31.0 Å². The van der Waals surface area contributed by atoms with E-state index in [9.17, 15) is 24.6 Å². The van der Waals surface area contributed by atoms with Crippen molar-refractivity contribution in [3.63, 3.8) is 0 Å². The van der Waals surface area contributed by atoms with Gasteiger partial charge in [0.1, 0.15) is 5.60 Å². The first-order valence-electron chi connectivity index (χ1n) is 11.6. The number of hydrogen-bond acceptors (Lipinski definition) is 6. The van der Waals surface area contributed by atoms with Gasteiger partial charge < -0.3 is 14.9 Å². The highest BCUT2D eigenvalue weighted by atomic mass is 19.1. The molecular formula is C25H35FO6. The van der Waals surface area contributed by atoms with Crippen molar-refractivity contribution in [1.82, 2.24) is 0 Å². The van der Waals surface area contributed by atoms with Crippen LogP contribution in [0.3, 0.4) is 0 Å². The molecule has 0 aliphatic heterocycles. The van der Waals surface area contributed by atoms with Crippen LogP contribution in [-0.4, -0.2) is 51.7 Å². The van der Waals surface area contributed by atoms with Crippen molar-refractivity contribution in [3.8, 4) is 0 Å². The predicted molar refractivity (Wildman–Crippen MR) is 116 cm³/mol. The van der Waals surface area contributed by atoms with E-state index in [2.05, 4.69) is 0 Å². The van der Waals surface area contributed by atoms with Crippen molar-refractivity contribution in [2.24, 2.45) is 23.2 Å². The number of allylic oxidation sites excluding steroid dienone is 4. The molecule has 0 aromatic rings. The minimum Gasteiger partial charge on any atom is -0.458 e. The van der Waals surface area contributed by atoms with Crippen molar-refractivity contribution in [2.45, 2.75) is 83.6 Å². The molecule has 0 heterocycles. The summed E-state index contributed by atoms with van der Waals surface area (Å²) in [6.45, 7) is 6.44. The summed E-state index contributed by atoms with van der Waals surface area (Å²) < 4.78 is 22.1. The highest BCUT2D eigenvalue weighted by Gasteiger charge is 2.63. The van der Waals surface area contributed by atoms with Crippen LogP contribution in [-0.2, 0) is 19.1 Å². The first kappa shape index (κ1) is 24.8. The van der Waals surface area contributed by atoms with Gasteiger partial charge in [0.05, 0.1) is 6.10 Å². The molecule has 0 saturated heterocycles. The van der Waals surface area contributed by atoms with Crippen LogP contribution < -0.4 is 0 Å². The van der Waals surface area contributed by atoms with Crippen molar-refractivity contribution in [3.05, 3.63) is 23.8 Å². The third-order valence-electron chi connectivity index (χ3n) is 8.27. The lowest BCUT2D eigenvalue weighted by Gasteiger charge is -2.55. The van der Waals surface area contributed by atoms with E-state index in [1.54, 1.807) is 26.8 Å². The SMILES string of the molecule is CCC(=O)OCC(=O)[C@]1(O)CC[C@H](O)[C@@]2(F)[C@@H](CCC3=CC(=O)C=C[C@@]32C)[C@@H](C)C[C@@H]1C. The van der Waals surface area contributed by atoms with Crippen LogP contribution in [0.4, 0.5) is 4.39 Å². The van der Waals surface area contributed by atoms with Gasteiger partial charge in [-0.15, -0.1) is 0 Å². The summed E-state index contributed by atoms with van der Waals surface area (Å²) >= 11 is 0. The van der Waals surface area contributed by atoms with Crippen LogP contribution in [0.15, 0.2) is 23.8 Å². The molecular weight excluding hydrogens is 415 g/mol. The quantitative estimate of drug-likeness (QED) is 0.638. The normalized spacial score (nSPS) is 42.0. The molecule has 2 saturated carbocycles. The average molecular weight is 451 g/mol. The van der Waals surface area contributed by atoms with Crippen molar-refractivity contribution >= 4 is 17.5 Å². The molecule has 178 valence electrons. The molecule has 0 aromatic carbocycles. The van der Waals surface area contributed by atoms with Gasteiger partial charge in [0.2, 0.25) is 5.78 Å². The molecule has 2 fully saturated rings. The van der Waals surface area contributed by atoms with Gasteiger partial charge in [-0.05, 0) is 68.9 Å². The Kier molecular flexibility index (Phi) is 6.83. The Hall–Kier alpha value is -1.86. The lowest BCUT2D eigenvalue weighted by atomic mass is 9.52. The fourth-order valence-electron chi connectivity index (χ4n) is 6.15. The molecule has 3 aliphatic rings. The molecule has 7 heteroatoms. The molecule has 3 aliphatic carbocycles. The Morgan fingerprint density at radius 3 is 2.62 bits per heavy atom. The Morgan fingerprint density at radius 1 is 1.28 bits per heavy atom. The number of hydrogen-bond donors (Lipinski definition) is 2. The molecule has 0 unspecified atom stereocenters. The number of carbonyl (C=O) groups is 3. The van der Waals surface area contributed by atoms with Crippen molar-refractivity contribution in [1.29, 1.82) is 0 Å². The number of alkyl halides is 1. The lowest BCUT2D eigenvalue weighted by molar-refractivity contribution is -0.159. The average Bonchev–Trinajstić information content (AvgIpc) is 2.78. The molecule has 6 nitrogen and oxygen atoms in total. The monoisotopic (exact) mass is 450 g/mol. The van der Waals surface area contributed by atoms with E-state index < -0.39 is 53.0 Å². The van der Waals surface area contributed by atoms with Gasteiger partial charge in [-0.2, -0.15) is 0 Å². The zero-order valence-electron chi connectivity index (χ0n) is 19.4. The Morgan fingerprint density at radius 2 is 1.97 bits per heavy atom. The maximum absolute atomic E-state index is 17.1. The van der Waals surface area contributed by atoms with Crippen LogP contribution in [0, 0.1) is 23.2 Å². The van der Waals surface area contributed by atoms with E-state index in [0.29, 0.717) is 24.8 Å². The number of esters is 1. The molecule has 0 aromatic heterocycles. The first-order valence-corrected chi connectivity index (χ1v) is 11.6. The van der Waals surface area contributed by atoms with Crippen LogP contribution >= 0.6 is 0 Å². The van der Waals surface area contributed by atoms with E-state index in [1.807, 2.05) is 6.92 Å². The fraction of sp³-hybridized carbons (Fsp3) is 0.720. The van der Waals surface area contributed by atoms with Crippen LogP contribution in [0.5, 0.6) is 0 Å². The van der Waals surface area contributed by atoms with Gasteiger partial charge in [0, 0.05) is 11.8 Å². The molecule has 0 bridgehead atoms. The third-order valence-corrected chi connectivity index (χ3v) is 8.27. The molecule has 2 N–H and O–H groups in total. The summed E-state index contributed by atoms with van der Waals surface area (Å²) in [6, 6.07) is 0. The summed E-state index contributed by atoms with van der Waals surface area (Å²) in [7, 11) is 0. The molecule has 0 amide bonds. The Balaban J connectivity index is 1.96. The zero-order chi connectivity index (χ0) is 23.9. The van der Waals surface area contributed by atoms with Gasteiger partial charge in [-0.1, -0.05) is 32.4 Å². The van der Waals surface area contributed by atoms with Crippen molar-refractivity contribution in [2.75, 3.05) is 6.61 Å². The number of ketones is 2. The summed E-state index contributed by atoms with van der Waals surface area (Å²) in [5.74, 6) is -2.59. The van der Waals surface area contributed by atoms with Gasteiger partial charge in [0.15, 0.2) is 18.1 Å². The molecule has 3 rings (SSSR count). The molecule has 32 heavy (non-hydrogen) atoms. The topological polar surface area (TPSA) is 101 Å². The zero-order valence-corrected chi connectivity index (χ0v) is 19.4. The minimum atomic E-state index is -2.05. The highest BCUT2D eigenvalue weighted by Crippen LogP contribution is 2.60. The molecule has 7 atom stereocenters. The lowest BCUT2D eigenvalue weighted by Crippen LogP contribution is -2.60. The number of aliphatic hydroxyl groups excluding tert-OH is 1. The van der Waals surface area contributed by atoms with E-state index in [0.717, 1.165) is 0 Å². The van der Waals surface area contributed by atoms with E-state index in [4.69, 9.17) is 4.74 Å². The maximum atomic E-state index is 17.1. The number of Topliss-reactive ketones (excluding diaryl/α,β-unsaturated/α-hetero) is 1. The van der Waals surface area contributed by atoms with Gasteiger partial charge in [0.25, 0.3) is 0 Å². The summed E-state index contributed by atoms with van der Waals surface area (Å²) in [4.78, 5) is 36.3. The number of fused-ring (bicyclic) bond motifs is 3. The summed E-state index contributed by atoms with van der Waals surface area (Å²) in [5.41, 5.74) is -4.33. The number of rotatable bonds is 4. The van der Waals surface area contributed by atoms with Crippen LogP contribution in [0.2, 0.25) is 0 Å². The number of aliphatic hydroxyl groups is 2. The minimum absolute atomic E-state index is 0.119. The fourth-order valence-corrected chi connectivity index (χ4v) is 6.15. The second kappa shape index (κ2) is 8.82. The summed E-state index contributed by atoms with van der Waals surface area (Å²) in [6.07, 6.45) is 4.25. The number of ether oxygens (including phenoxy) is 1. The van der Waals surface area contributed by atoms with Crippen LogP contribution in [0.1, 0.15) is 66.2 Å². The molecule has 0 radical (unpaired) electrons. The second-order valence-corrected chi connectivity index (χ2v) is 10.1. The summed E-state index contributed by atoms with van der Waals surface area (Å²) in [5, 5.41) is 22.6. The van der Waals surface area contributed by atoms with Gasteiger partial charge in [-0.3, -0.25) is 14.4 Å². The van der Waals surface area contributed by atoms with Gasteiger partial charge >= 0.3 is 5.97 Å². The predicted octanol–water partition coefficient (Wildman–Crippen LogP) is 3.25. The van der Waals surface area contributed by atoms with Gasteiger partial charge in [-0.25, -0.2) is 4.39 Å². The maximum Gasteiger partial charge on any atom is 0.305 e. The van der Waals surface area contributed by atoms with E-state index in [1.165, 1.54) is 12.2 Å². The highest BCUT2D eigenvalue weighted by molar-refractivity contribution is 6.01. The second-order valence-electron chi connectivity index (χ2n) is 10.1. The number of halogens is 1. The van der Waals surface area contributed by atoms with E-state index >= 15 is 4.39 Å². The van der Waals surface area contributed by atoms with Crippen LogP contribution in [0.25, 0.3) is 0 Å². The number of carbonyl (C=O) groups excluding carboxylic acids is 3. The standard InChI is InChI=1S/C25H35FO6/c1-5-22(30)32-14-21(29)24(31)11-9-20(28)25(26)19(15(2)12-16(24)3)7-6-17-13-18(27)8-10-23(17,25)4/h8,10,13,15-16,19-20,28,31H,5-7,9,11-12,14H2,1-4H3/t15-,16-,19-,20-,23-,24-,25-/m0/s1. The third kappa shape index (κ3) is 3.87. The molecule has 0 spiro atoms. The van der Waals surface area contributed by atoms with Crippen molar-refractivity contribution < 1.29 is 33.7 Å². The smallest absolute Gasteiger partial charge is 0.305 e. The first-order chi connectivity index (χ1) is 14.9.